The summed E-state index contributed by atoms with van der Waals surface area (Å²) in [6.45, 7) is 5.80. The van der Waals surface area contributed by atoms with Crippen LogP contribution in [0.15, 0.2) is 23.8 Å². The molecule has 3 heteroatoms. The average Bonchev–Trinajstić information content (AvgIpc) is 2.23. The normalized spacial score (nSPS) is 20.6. The number of nitrogens with zero attached hydrogens (tertiary/aromatic N) is 1. The highest BCUT2D eigenvalue weighted by Crippen LogP contribution is 2.37. The molecular weight excluding hydrogens is 190 g/mol. The van der Waals surface area contributed by atoms with Gasteiger partial charge in [0.15, 0.2) is 6.23 Å². The highest BCUT2D eigenvalue weighted by Gasteiger charge is 2.27. The molecule has 15 heavy (non-hydrogen) atoms. The van der Waals surface area contributed by atoms with Gasteiger partial charge in [-0.05, 0) is 43.5 Å². The molecule has 80 valence electrons. The third-order valence-electron chi connectivity index (χ3n) is 3.08. The van der Waals surface area contributed by atoms with Gasteiger partial charge in [0.25, 0.3) is 0 Å². The lowest BCUT2D eigenvalue weighted by Gasteiger charge is -2.32. The molecule has 0 amide bonds. The van der Waals surface area contributed by atoms with Gasteiger partial charge in [-0.25, -0.2) is 5.06 Å². The second-order valence-corrected chi connectivity index (χ2v) is 4.00. The zero-order valence-electron chi connectivity index (χ0n) is 9.15. The SMILES string of the molecule is CC1=C(C)C(O)N(O)c2cccc(C)c21. The molecule has 1 aliphatic heterocycles. The number of anilines is 1. The van der Waals surface area contributed by atoms with E-state index < -0.39 is 6.23 Å². The molecule has 0 aromatic heterocycles. The topological polar surface area (TPSA) is 43.7 Å². The van der Waals surface area contributed by atoms with Gasteiger partial charge in [-0.15, -0.1) is 0 Å². The Labute approximate surface area is 89.2 Å². The second kappa shape index (κ2) is 3.36. The van der Waals surface area contributed by atoms with Crippen LogP contribution in [0.25, 0.3) is 5.57 Å². The minimum atomic E-state index is -0.931. The summed E-state index contributed by atoms with van der Waals surface area (Å²) < 4.78 is 0. The van der Waals surface area contributed by atoms with Crippen molar-refractivity contribution in [1.29, 1.82) is 0 Å². The van der Waals surface area contributed by atoms with Crippen LogP contribution >= 0.6 is 0 Å². The maximum Gasteiger partial charge on any atom is 0.173 e. The van der Waals surface area contributed by atoms with Crippen LogP contribution in [0, 0.1) is 6.92 Å². The number of aliphatic hydroxyl groups excluding tert-OH is 1. The molecule has 0 saturated heterocycles. The first-order valence-electron chi connectivity index (χ1n) is 4.97. The summed E-state index contributed by atoms with van der Waals surface area (Å²) in [4.78, 5) is 0. The summed E-state index contributed by atoms with van der Waals surface area (Å²) in [6, 6.07) is 5.68. The molecule has 1 aromatic carbocycles. The van der Waals surface area contributed by atoms with Crippen molar-refractivity contribution in [2.75, 3.05) is 5.06 Å². The van der Waals surface area contributed by atoms with Crippen molar-refractivity contribution >= 4 is 11.3 Å². The summed E-state index contributed by atoms with van der Waals surface area (Å²) >= 11 is 0. The minimum absolute atomic E-state index is 0.672. The Bertz CT molecular complexity index is 437. The maximum atomic E-state index is 9.79. The maximum absolute atomic E-state index is 9.79. The number of hydrogen-bond acceptors (Lipinski definition) is 3. The van der Waals surface area contributed by atoms with E-state index >= 15 is 0 Å². The number of allylic oxidation sites excluding steroid dienone is 1. The van der Waals surface area contributed by atoms with Gasteiger partial charge in [0, 0.05) is 5.56 Å². The number of rotatable bonds is 0. The average molecular weight is 205 g/mol. The van der Waals surface area contributed by atoms with Crippen molar-refractivity contribution in [3.8, 4) is 0 Å². The van der Waals surface area contributed by atoms with Crippen LogP contribution in [0.4, 0.5) is 5.69 Å². The fourth-order valence-corrected chi connectivity index (χ4v) is 2.04. The van der Waals surface area contributed by atoms with Crippen molar-refractivity contribution in [2.24, 2.45) is 0 Å². The number of hydrogen-bond donors (Lipinski definition) is 2. The zero-order valence-corrected chi connectivity index (χ0v) is 9.15. The molecule has 0 bridgehead atoms. The molecule has 0 saturated carbocycles. The minimum Gasteiger partial charge on any atom is -0.368 e. The van der Waals surface area contributed by atoms with Crippen molar-refractivity contribution in [2.45, 2.75) is 27.0 Å². The lowest BCUT2D eigenvalue weighted by Crippen LogP contribution is -2.36. The van der Waals surface area contributed by atoms with E-state index in [1.165, 1.54) is 0 Å². The quantitative estimate of drug-likeness (QED) is 0.683. The molecule has 3 nitrogen and oxygen atoms in total. The van der Waals surface area contributed by atoms with Gasteiger partial charge in [0.05, 0.1) is 5.69 Å². The summed E-state index contributed by atoms with van der Waals surface area (Å²) in [6.07, 6.45) is -0.931. The van der Waals surface area contributed by atoms with Gasteiger partial charge in [0.2, 0.25) is 0 Å². The molecule has 2 rings (SSSR count). The van der Waals surface area contributed by atoms with E-state index in [1.807, 2.05) is 39.0 Å². The summed E-state index contributed by atoms with van der Waals surface area (Å²) in [5, 5.41) is 20.5. The number of benzene rings is 1. The molecule has 1 atom stereocenters. The summed E-state index contributed by atoms with van der Waals surface area (Å²) in [5.74, 6) is 0. The van der Waals surface area contributed by atoms with E-state index in [4.69, 9.17) is 0 Å². The molecule has 2 N–H and O–H groups in total. The molecule has 0 spiro atoms. The predicted octanol–water partition coefficient (Wildman–Crippen LogP) is 2.32. The fourth-order valence-electron chi connectivity index (χ4n) is 2.04. The second-order valence-electron chi connectivity index (χ2n) is 4.00. The van der Waals surface area contributed by atoms with E-state index in [-0.39, 0.29) is 0 Å². The molecule has 0 fully saturated rings. The largest absolute Gasteiger partial charge is 0.368 e. The molecule has 1 aromatic rings. The molecular formula is C12H15NO2. The highest BCUT2D eigenvalue weighted by atomic mass is 16.5. The van der Waals surface area contributed by atoms with Gasteiger partial charge in [-0.2, -0.15) is 0 Å². The Morgan fingerprint density at radius 1 is 1.20 bits per heavy atom. The first-order chi connectivity index (χ1) is 7.04. The molecule has 0 radical (unpaired) electrons. The van der Waals surface area contributed by atoms with Crippen LogP contribution in [0.3, 0.4) is 0 Å². The summed E-state index contributed by atoms with van der Waals surface area (Å²) in [5.41, 5.74) is 4.63. The highest BCUT2D eigenvalue weighted by molar-refractivity contribution is 5.82. The first-order valence-corrected chi connectivity index (χ1v) is 4.97. The monoisotopic (exact) mass is 205 g/mol. The van der Waals surface area contributed by atoms with E-state index in [9.17, 15) is 10.3 Å². The standard InChI is InChI=1S/C12H15NO2/c1-7-5-4-6-10-11(7)8(2)9(3)12(14)13(10)15/h4-6,12,14-15H,1-3H3. The van der Waals surface area contributed by atoms with Crippen LogP contribution in [0.1, 0.15) is 25.0 Å². The Morgan fingerprint density at radius 3 is 2.53 bits per heavy atom. The van der Waals surface area contributed by atoms with Gasteiger partial charge in [-0.3, -0.25) is 5.21 Å². The third-order valence-corrected chi connectivity index (χ3v) is 3.08. The van der Waals surface area contributed by atoms with Crippen molar-refractivity contribution < 1.29 is 10.3 Å². The Balaban J connectivity index is 2.73. The molecule has 1 heterocycles. The van der Waals surface area contributed by atoms with E-state index in [0.717, 1.165) is 27.3 Å². The number of aryl methyl sites for hydroxylation is 1. The Hall–Kier alpha value is -1.32. The lowest BCUT2D eigenvalue weighted by atomic mass is 9.92. The predicted molar refractivity (Wildman–Crippen MR) is 59.7 cm³/mol. The number of aliphatic hydroxyl groups is 1. The number of fused-ring (bicyclic) bond motifs is 1. The summed E-state index contributed by atoms with van der Waals surface area (Å²) in [7, 11) is 0. The fraction of sp³-hybridized carbons (Fsp3) is 0.333. The Morgan fingerprint density at radius 2 is 1.87 bits per heavy atom. The molecule has 1 unspecified atom stereocenters. The van der Waals surface area contributed by atoms with Gasteiger partial charge in [0.1, 0.15) is 0 Å². The molecule has 1 aliphatic rings. The van der Waals surface area contributed by atoms with E-state index in [1.54, 1.807) is 0 Å². The smallest absolute Gasteiger partial charge is 0.173 e. The van der Waals surface area contributed by atoms with E-state index in [2.05, 4.69) is 0 Å². The van der Waals surface area contributed by atoms with Gasteiger partial charge in [-0.1, -0.05) is 12.1 Å². The lowest BCUT2D eigenvalue weighted by molar-refractivity contribution is 0.0898. The van der Waals surface area contributed by atoms with Crippen LogP contribution in [0.2, 0.25) is 0 Å². The van der Waals surface area contributed by atoms with Crippen molar-refractivity contribution in [3.63, 3.8) is 0 Å². The van der Waals surface area contributed by atoms with Crippen LogP contribution < -0.4 is 5.06 Å². The van der Waals surface area contributed by atoms with Crippen LogP contribution in [-0.2, 0) is 0 Å². The van der Waals surface area contributed by atoms with Crippen molar-refractivity contribution in [1.82, 2.24) is 0 Å². The first kappa shape index (κ1) is 10.2. The Kier molecular flexibility index (Phi) is 2.29. The molecule has 0 aliphatic carbocycles. The van der Waals surface area contributed by atoms with Crippen molar-refractivity contribution in [3.05, 3.63) is 34.9 Å². The zero-order chi connectivity index (χ0) is 11.2. The van der Waals surface area contributed by atoms with Gasteiger partial charge < -0.3 is 5.11 Å². The third kappa shape index (κ3) is 1.35. The van der Waals surface area contributed by atoms with Crippen LogP contribution in [-0.4, -0.2) is 16.5 Å². The van der Waals surface area contributed by atoms with Crippen LogP contribution in [0.5, 0.6) is 0 Å². The van der Waals surface area contributed by atoms with E-state index in [0.29, 0.717) is 5.69 Å². The van der Waals surface area contributed by atoms with Gasteiger partial charge >= 0.3 is 0 Å². The number of hydroxylamine groups is 1.